The molecule has 4 nitrogen and oxygen atoms in total. The van der Waals surface area contributed by atoms with Crippen molar-refractivity contribution in [1.82, 2.24) is 0 Å². The number of hydrogen-bond acceptors (Lipinski definition) is 4. The van der Waals surface area contributed by atoms with Crippen molar-refractivity contribution >= 4 is 17.0 Å². The van der Waals surface area contributed by atoms with Crippen LogP contribution in [0.25, 0.3) is 0 Å². The Hall–Kier alpha value is -0.940. The van der Waals surface area contributed by atoms with E-state index < -0.39 is 4.92 Å². The van der Waals surface area contributed by atoms with Crippen molar-refractivity contribution in [3.63, 3.8) is 0 Å². The Labute approximate surface area is 60.9 Å². The first-order valence-electron chi connectivity index (χ1n) is 2.56. The molecule has 1 aromatic rings. The van der Waals surface area contributed by atoms with Crippen molar-refractivity contribution < 1.29 is 10.0 Å². The third-order valence-corrected chi connectivity index (χ3v) is 1.92. The second kappa shape index (κ2) is 2.76. The molecular formula is C5H5NO3S. The Morgan fingerprint density at radius 3 is 2.80 bits per heavy atom. The minimum absolute atomic E-state index is 0.0500. The van der Waals surface area contributed by atoms with E-state index in [2.05, 4.69) is 0 Å². The van der Waals surface area contributed by atoms with Crippen LogP contribution in [-0.4, -0.2) is 10.0 Å². The zero-order chi connectivity index (χ0) is 7.56. The van der Waals surface area contributed by atoms with Gasteiger partial charge in [0.15, 0.2) is 0 Å². The van der Waals surface area contributed by atoms with Crippen LogP contribution < -0.4 is 0 Å². The molecule has 1 heterocycles. The van der Waals surface area contributed by atoms with Crippen molar-refractivity contribution in [3.05, 3.63) is 26.4 Å². The lowest BCUT2D eigenvalue weighted by Crippen LogP contribution is -1.83. The molecule has 0 radical (unpaired) electrons. The summed E-state index contributed by atoms with van der Waals surface area (Å²) in [7, 11) is 0. The average Bonchev–Trinajstić information content (AvgIpc) is 2.34. The van der Waals surface area contributed by atoms with E-state index in [-0.39, 0.29) is 12.3 Å². The Morgan fingerprint density at radius 2 is 2.50 bits per heavy atom. The van der Waals surface area contributed by atoms with Crippen molar-refractivity contribution in [1.29, 1.82) is 0 Å². The van der Waals surface area contributed by atoms with Crippen molar-refractivity contribution in [3.8, 4) is 0 Å². The van der Waals surface area contributed by atoms with Crippen LogP contribution in [0, 0.1) is 10.1 Å². The molecule has 0 unspecified atom stereocenters. The van der Waals surface area contributed by atoms with E-state index in [1.54, 1.807) is 0 Å². The molecule has 0 fully saturated rings. The summed E-state index contributed by atoms with van der Waals surface area (Å²) in [5.41, 5.74) is 0.0500. The van der Waals surface area contributed by atoms with Crippen LogP contribution in [0.3, 0.4) is 0 Å². The molecule has 0 saturated carbocycles. The molecule has 1 aromatic heterocycles. The van der Waals surface area contributed by atoms with Gasteiger partial charge in [0, 0.05) is 10.9 Å². The summed E-state index contributed by atoms with van der Waals surface area (Å²) in [6.45, 7) is -0.126. The molecular weight excluding hydrogens is 154 g/mol. The van der Waals surface area contributed by atoms with Gasteiger partial charge in [-0.2, -0.15) is 0 Å². The van der Waals surface area contributed by atoms with Crippen LogP contribution in [0.1, 0.15) is 4.88 Å². The highest BCUT2D eigenvalue weighted by atomic mass is 32.1. The van der Waals surface area contributed by atoms with Gasteiger partial charge < -0.3 is 5.11 Å². The fourth-order valence-electron chi connectivity index (χ4n) is 0.548. The SMILES string of the molecule is O=[N+]([O-])c1csc(CO)c1. The number of thiophene rings is 1. The summed E-state index contributed by atoms with van der Waals surface area (Å²) in [5.74, 6) is 0. The lowest BCUT2D eigenvalue weighted by Gasteiger charge is -1.81. The predicted molar refractivity (Wildman–Crippen MR) is 36.9 cm³/mol. The second-order valence-electron chi connectivity index (χ2n) is 1.69. The Balaban J connectivity index is 2.88. The molecule has 0 atom stereocenters. The van der Waals surface area contributed by atoms with Crippen LogP contribution in [0.15, 0.2) is 11.4 Å². The summed E-state index contributed by atoms with van der Waals surface area (Å²) in [5, 5.41) is 20.0. The third-order valence-electron chi connectivity index (χ3n) is 1.01. The van der Waals surface area contributed by atoms with Gasteiger partial charge in [0.25, 0.3) is 5.69 Å². The van der Waals surface area contributed by atoms with Gasteiger partial charge in [0.05, 0.1) is 16.9 Å². The molecule has 1 rings (SSSR count). The van der Waals surface area contributed by atoms with E-state index in [0.29, 0.717) is 4.88 Å². The smallest absolute Gasteiger partial charge is 0.280 e. The molecule has 0 aliphatic heterocycles. The second-order valence-corrected chi connectivity index (χ2v) is 2.68. The maximum atomic E-state index is 10.1. The van der Waals surface area contributed by atoms with Gasteiger partial charge >= 0.3 is 0 Å². The number of hydrogen-bond donors (Lipinski definition) is 1. The zero-order valence-electron chi connectivity index (χ0n) is 4.98. The molecule has 0 amide bonds. The normalized spacial score (nSPS) is 9.70. The van der Waals surface area contributed by atoms with Crippen LogP contribution in [-0.2, 0) is 6.61 Å². The van der Waals surface area contributed by atoms with Gasteiger partial charge in [-0.1, -0.05) is 0 Å². The number of aliphatic hydroxyl groups excluding tert-OH is 1. The molecule has 54 valence electrons. The van der Waals surface area contributed by atoms with E-state index >= 15 is 0 Å². The van der Waals surface area contributed by atoms with Crippen LogP contribution in [0.5, 0.6) is 0 Å². The monoisotopic (exact) mass is 159 g/mol. The van der Waals surface area contributed by atoms with Gasteiger partial charge in [-0.15, -0.1) is 11.3 Å². The van der Waals surface area contributed by atoms with Gasteiger partial charge in [-0.05, 0) is 0 Å². The van der Waals surface area contributed by atoms with Crippen molar-refractivity contribution in [2.45, 2.75) is 6.61 Å². The van der Waals surface area contributed by atoms with Gasteiger partial charge in [0.1, 0.15) is 0 Å². The summed E-state index contributed by atoms with van der Waals surface area (Å²) in [6.07, 6.45) is 0. The summed E-state index contributed by atoms with van der Waals surface area (Å²) >= 11 is 1.19. The third kappa shape index (κ3) is 1.31. The Bertz CT molecular complexity index is 245. The van der Waals surface area contributed by atoms with Crippen molar-refractivity contribution in [2.24, 2.45) is 0 Å². The molecule has 0 saturated heterocycles. The Morgan fingerprint density at radius 1 is 1.80 bits per heavy atom. The highest BCUT2D eigenvalue weighted by Gasteiger charge is 2.07. The van der Waals surface area contributed by atoms with Crippen LogP contribution in [0.2, 0.25) is 0 Å². The number of nitro groups is 1. The summed E-state index contributed by atoms with van der Waals surface area (Å²) < 4.78 is 0. The maximum absolute atomic E-state index is 10.1. The fraction of sp³-hybridized carbons (Fsp3) is 0.200. The van der Waals surface area contributed by atoms with Gasteiger partial charge in [-0.25, -0.2) is 0 Å². The lowest BCUT2D eigenvalue weighted by molar-refractivity contribution is -0.384. The standard InChI is InChI=1S/C5H5NO3S/c7-2-5-1-4(3-10-5)6(8)9/h1,3,7H,2H2. The topological polar surface area (TPSA) is 63.4 Å². The first-order valence-corrected chi connectivity index (χ1v) is 3.44. The lowest BCUT2D eigenvalue weighted by atomic mass is 10.4. The Kier molecular flexibility index (Phi) is 1.98. The quantitative estimate of drug-likeness (QED) is 0.520. The van der Waals surface area contributed by atoms with Crippen LogP contribution >= 0.6 is 11.3 Å². The van der Waals surface area contributed by atoms with E-state index in [9.17, 15) is 10.1 Å². The molecule has 1 N–H and O–H groups in total. The maximum Gasteiger partial charge on any atom is 0.280 e. The molecule has 5 heteroatoms. The number of aliphatic hydroxyl groups is 1. The van der Waals surface area contributed by atoms with Gasteiger partial charge in [-0.3, -0.25) is 10.1 Å². The number of rotatable bonds is 2. The molecule has 0 aromatic carbocycles. The highest BCUT2D eigenvalue weighted by Crippen LogP contribution is 2.20. The zero-order valence-corrected chi connectivity index (χ0v) is 5.80. The van der Waals surface area contributed by atoms with Crippen molar-refractivity contribution in [2.75, 3.05) is 0 Å². The minimum atomic E-state index is -0.477. The number of nitrogens with zero attached hydrogens (tertiary/aromatic N) is 1. The van der Waals surface area contributed by atoms with E-state index in [0.717, 1.165) is 0 Å². The first kappa shape index (κ1) is 7.17. The summed E-state index contributed by atoms with van der Waals surface area (Å²) in [4.78, 5) is 10.2. The minimum Gasteiger partial charge on any atom is -0.391 e. The molecule has 0 spiro atoms. The van der Waals surface area contributed by atoms with E-state index in [1.807, 2.05) is 0 Å². The fourth-order valence-corrected chi connectivity index (χ4v) is 1.24. The molecule has 0 bridgehead atoms. The first-order chi connectivity index (χ1) is 4.74. The van der Waals surface area contributed by atoms with E-state index in [1.165, 1.54) is 22.8 Å². The largest absolute Gasteiger partial charge is 0.391 e. The van der Waals surface area contributed by atoms with Crippen LogP contribution in [0.4, 0.5) is 5.69 Å². The molecule has 10 heavy (non-hydrogen) atoms. The highest BCUT2D eigenvalue weighted by molar-refractivity contribution is 7.10. The average molecular weight is 159 g/mol. The molecule has 0 aliphatic rings. The summed E-state index contributed by atoms with van der Waals surface area (Å²) in [6, 6.07) is 1.37. The van der Waals surface area contributed by atoms with Gasteiger partial charge in [0.2, 0.25) is 0 Å². The molecule has 0 aliphatic carbocycles. The predicted octanol–water partition coefficient (Wildman–Crippen LogP) is 1.15. The van der Waals surface area contributed by atoms with E-state index in [4.69, 9.17) is 5.11 Å².